The second-order valence-electron chi connectivity index (χ2n) is 7.69. The third-order valence-electron chi connectivity index (χ3n) is 5.13. The van der Waals surface area contributed by atoms with Gasteiger partial charge in [0.2, 0.25) is 0 Å². The van der Waals surface area contributed by atoms with Gasteiger partial charge in [0.1, 0.15) is 12.0 Å². The molecule has 168 valence electrons. The summed E-state index contributed by atoms with van der Waals surface area (Å²) in [4.78, 5) is 17.0. The zero-order valence-corrected chi connectivity index (χ0v) is 18.9. The zero-order chi connectivity index (χ0) is 23.4. The fraction of sp³-hybridized carbons (Fsp3) is 0.167. The van der Waals surface area contributed by atoms with Gasteiger partial charge < -0.3 is 9.88 Å². The molecule has 0 saturated heterocycles. The van der Waals surface area contributed by atoms with E-state index in [0.29, 0.717) is 23.0 Å². The van der Waals surface area contributed by atoms with Gasteiger partial charge in [0.05, 0.1) is 4.90 Å². The second kappa shape index (κ2) is 9.33. The molecule has 1 fully saturated rings. The van der Waals surface area contributed by atoms with Crippen molar-refractivity contribution in [2.75, 3.05) is 6.26 Å². The molecule has 0 atom stereocenters. The minimum absolute atomic E-state index is 0.206. The quantitative estimate of drug-likeness (QED) is 0.514. The van der Waals surface area contributed by atoms with Crippen molar-refractivity contribution in [2.45, 2.75) is 23.8 Å². The molecule has 0 spiro atoms. The monoisotopic (exact) mass is 461 g/mol. The van der Waals surface area contributed by atoms with Gasteiger partial charge in [-0.25, -0.2) is 8.42 Å². The fourth-order valence-corrected chi connectivity index (χ4v) is 3.99. The lowest BCUT2D eigenvalue weighted by Crippen LogP contribution is -2.18. The van der Waals surface area contributed by atoms with Crippen LogP contribution in [0.15, 0.2) is 84.8 Å². The van der Waals surface area contributed by atoms with Crippen LogP contribution in [0.4, 0.5) is 0 Å². The first-order valence-corrected chi connectivity index (χ1v) is 12.2. The van der Waals surface area contributed by atoms with E-state index in [1.54, 1.807) is 54.9 Å². The number of rotatable bonds is 8. The van der Waals surface area contributed by atoms with Crippen LogP contribution in [0.25, 0.3) is 16.7 Å². The van der Waals surface area contributed by atoms with Crippen molar-refractivity contribution in [2.24, 2.45) is 0 Å². The highest BCUT2D eigenvalue weighted by Crippen LogP contribution is 2.36. The molecule has 9 heteroatoms. The summed E-state index contributed by atoms with van der Waals surface area (Å²) < 4.78 is 25.7. The molecule has 1 amide bonds. The van der Waals surface area contributed by atoms with Crippen LogP contribution in [-0.2, 0) is 9.84 Å². The second-order valence-corrected chi connectivity index (χ2v) is 9.70. The Balaban J connectivity index is 1.51. The highest BCUT2D eigenvalue weighted by Gasteiger charge is 2.26. The van der Waals surface area contributed by atoms with Gasteiger partial charge in [0, 0.05) is 30.3 Å². The van der Waals surface area contributed by atoms with E-state index in [-0.39, 0.29) is 10.6 Å². The number of amides is 1. The van der Waals surface area contributed by atoms with Crippen LogP contribution < -0.4 is 5.32 Å². The molecule has 1 saturated carbocycles. The van der Waals surface area contributed by atoms with Crippen molar-refractivity contribution >= 4 is 21.3 Å². The van der Waals surface area contributed by atoms with Crippen molar-refractivity contribution in [3.05, 3.63) is 91.4 Å². The first-order valence-electron chi connectivity index (χ1n) is 10.3. The van der Waals surface area contributed by atoms with E-state index in [1.807, 2.05) is 4.57 Å². The molecule has 1 aromatic carbocycles. The van der Waals surface area contributed by atoms with Crippen LogP contribution in [0.3, 0.4) is 0 Å². The maximum absolute atomic E-state index is 12.7. The lowest BCUT2D eigenvalue weighted by atomic mass is 10.1. The van der Waals surface area contributed by atoms with Crippen molar-refractivity contribution in [3.63, 3.8) is 0 Å². The molecule has 0 bridgehead atoms. The van der Waals surface area contributed by atoms with Gasteiger partial charge in [-0.2, -0.15) is 0 Å². The molecule has 0 radical (unpaired) electrons. The molecule has 0 aliphatic heterocycles. The topological polar surface area (TPSA) is 107 Å². The number of carbonyl (C=O) groups is 1. The van der Waals surface area contributed by atoms with Crippen LogP contribution >= 0.6 is 0 Å². The first kappa shape index (κ1) is 22.3. The average Bonchev–Trinajstić information content (AvgIpc) is 3.54. The van der Waals surface area contributed by atoms with Crippen molar-refractivity contribution in [3.8, 4) is 11.1 Å². The maximum Gasteiger partial charge on any atom is 0.273 e. The predicted molar refractivity (Wildman–Crippen MR) is 126 cm³/mol. The summed E-state index contributed by atoms with van der Waals surface area (Å²) >= 11 is 0. The Hall–Kier alpha value is -3.85. The van der Waals surface area contributed by atoms with Crippen LogP contribution in [-0.4, -0.2) is 40.3 Å². The highest BCUT2D eigenvalue weighted by atomic mass is 32.2. The van der Waals surface area contributed by atoms with Crippen molar-refractivity contribution < 1.29 is 13.2 Å². The van der Waals surface area contributed by atoms with Crippen LogP contribution in [0.1, 0.15) is 35.2 Å². The molecular weight excluding hydrogens is 438 g/mol. The smallest absolute Gasteiger partial charge is 0.273 e. The first-order chi connectivity index (χ1) is 15.9. The Morgan fingerprint density at radius 1 is 1.21 bits per heavy atom. The van der Waals surface area contributed by atoms with Gasteiger partial charge in [-0.05, 0) is 54.3 Å². The summed E-state index contributed by atoms with van der Waals surface area (Å²) in [5, 5.41) is 10.9. The molecule has 8 nitrogen and oxygen atoms in total. The standard InChI is InChI=1S/C24H23N5O3S/c1-3-5-17(23-28-27-16-29(23)20-8-9-20)10-13-26-24(30)22-15-19(11-12-25-22)18-6-4-7-21(14-18)33(2,31)32/h3-7,10-16,20H,1,8-9H2,2H3,(H,26,30)/b13-10+,17-5+. The maximum atomic E-state index is 12.7. The number of hydrogen-bond acceptors (Lipinski definition) is 6. The van der Waals surface area contributed by atoms with Gasteiger partial charge in [-0.15, -0.1) is 10.2 Å². The molecule has 1 aliphatic carbocycles. The molecule has 4 rings (SSSR count). The van der Waals surface area contributed by atoms with E-state index in [9.17, 15) is 13.2 Å². The summed E-state index contributed by atoms with van der Waals surface area (Å²) in [6.07, 6.45) is 13.3. The fourth-order valence-electron chi connectivity index (χ4n) is 3.32. The summed E-state index contributed by atoms with van der Waals surface area (Å²) in [5.74, 6) is 0.322. The van der Waals surface area contributed by atoms with Crippen LogP contribution in [0.2, 0.25) is 0 Å². The molecule has 2 heterocycles. The minimum atomic E-state index is -3.34. The lowest BCUT2D eigenvalue weighted by molar-refractivity contribution is 0.0965. The number of sulfone groups is 1. The number of aromatic nitrogens is 4. The number of allylic oxidation sites excluding steroid dienone is 4. The number of nitrogens with zero attached hydrogens (tertiary/aromatic N) is 4. The summed E-state index contributed by atoms with van der Waals surface area (Å²) in [6, 6.07) is 10.3. The van der Waals surface area contributed by atoms with Crippen molar-refractivity contribution in [1.82, 2.24) is 25.1 Å². The van der Waals surface area contributed by atoms with E-state index >= 15 is 0 Å². The SMILES string of the molecule is C=C/C=C(\C=C\NC(=O)c1cc(-c2cccc(S(C)(=O)=O)c2)ccn1)c1nncn1C1CC1. The molecule has 2 aromatic heterocycles. The summed E-state index contributed by atoms with van der Waals surface area (Å²) in [6.45, 7) is 3.75. The van der Waals surface area contributed by atoms with Gasteiger partial charge >= 0.3 is 0 Å². The van der Waals surface area contributed by atoms with Gasteiger partial charge in [-0.1, -0.05) is 30.9 Å². The molecular formula is C24H23N5O3S. The lowest BCUT2D eigenvalue weighted by Gasteiger charge is -2.07. The highest BCUT2D eigenvalue weighted by molar-refractivity contribution is 7.90. The number of nitrogens with one attached hydrogen (secondary N) is 1. The number of carbonyl (C=O) groups excluding carboxylic acids is 1. The third-order valence-corrected chi connectivity index (χ3v) is 6.24. The molecule has 0 unspecified atom stereocenters. The van der Waals surface area contributed by atoms with E-state index < -0.39 is 15.7 Å². The normalized spacial score (nSPS) is 14.4. The van der Waals surface area contributed by atoms with Gasteiger partial charge in [-0.3, -0.25) is 9.78 Å². The van der Waals surface area contributed by atoms with Gasteiger partial charge in [0.25, 0.3) is 5.91 Å². The number of pyridine rings is 1. The summed E-state index contributed by atoms with van der Waals surface area (Å²) in [7, 11) is -3.34. The van der Waals surface area contributed by atoms with Crippen molar-refractivity contribution in [1.29, 1.82) is 0 Å². The van der Waals surface area contributed by atoms with Crippen LogP contribution in [0.5, 0.6) is 0 Å². The number of benzene rings is 1. The van der Waals surface area contributed by atoms with Crippen LogP contribution in [0, 0.1) is 0 Å². The molecule has 3 aromatic rings. The predicted octanol–water partition coefficient (Wildman–Crippen LogP) is 3.59. The van der Waals surface area contributed by atoms with E-state index in [2.05, 4.69) is 27.1 Å². The number of hydrogen-bond donors (Lipinski definition) is 1. The minimum Gasteiger partial charge on any atom is -0.327 e. The van der Waals surface area contributed by atoms with Gasteiger partial charge in [0.15, 0.2) is 15.7 Å². The Morgan fingerprint density at radius 3 is 2.73 bits per heavy atom. The Labute approximate surface area is 192 Å². The van der Waals surface area contributed by atoms with E-state index in [0.717, 1.165) is 24.7 Å². The molecule has 1 aliphatic rings. The molecule has 1 N–H and O–H groups in total. The van der Waals surface area contributed by atoms with E-state index in [4.69, 9.17) is 0 Å². The molecule has 33 heavy (non-hydrogen) atoms. The Morgan fingerprint density at radius 2 is 2.00 bits per heavy atom. The Bertz CT molecular complexity index is 1370. The Kier molecular flexibility index (Phi) is 6.32. The average molecular weight is 462 g/mol. The third kappa shape index (κ3) is 5.32. The largest absolute Gasteiger partial charge is 0.327 e. The zero-order valence-electron chi connectivity index (χ0n) is 18.0. The van der Waals surface area contributed by atoms with E-state index in [1.165, 1.54) is 18.5 Å². The summed E-state index contributed by atoms with van der Waals surface area (Å²) in [5.41, 5.74) is 2.35.